The second-order valence-electron chi connectivity index (χ2n) is 5.53. The van der Waals surface area contributed by atoms with Crippen LogP contribution in [0.4, 0.5) is 5.13 Å². The lowest BCUT2D eigenvalue weighted by atomic mass is 10.2. The van der Waals surface area contributed by atoms with Crippen molar-refractivity contribution in [1.82, 2.24) is 9.88 Å². The summed E-state index contributed by atoms with van der Waals surface area (Å²) in [4.78, 5) is 21.3. The minimum atomic E-state index is -0.00627. The number of thiophene rings is 1. The molecule has 1 aliphatic rings. The highest BCUT2D eigenvalue weighted by molar-refractivity contribution is 7.15. The van der Waals surface area contributed by atoms with E-state index in [1.165, 1.54) is 9.75 Å². The number of nitrogens with one attached hydrogen (secondary N) is 1. The standard InChI is InChI=1S/C16H21N3O2S2/c1-3-12-11(2)23-16(17-12)18-15(20)10-19-6-7-21-13(9-19)14-5-4-8-22-14/h4-5,8,13H,3,6-7,9-10H2,1-2H3,(H,17,18,20)/t13-/m0/s1. The van der Waals surface area contributed by atoms with Crippen molar-refractivity contribution in [3.05, 3.63) is 33.0 Å². The van der Waals surface area contributed by atoms with Crippen LogP contribution in [0.2, 0.25) is 0 Å². The van der Waals surface area contributed by atoms with E-state index < -0.39 is 0 Å². The van der Waals surface area contributed by atoms with E-state index in [0.717, 1.165) is 25.2 Å². The fourth-order valence-electron chi connectivity index (χ4n) is 2.66. The predicted octanol–water partition coefficient (Wildman–Crippen LogP) is 3.09. The molecule has 0 radical (unpaired) electrons. The second-order valence-corrected chi connectivity index (χ2v) is 7.72. The molecule has 1 amide bonds. The number of rotatable bonds is 5. The number of thiazole rings is 1. The Bertz CT molecular complexity index is 654. The average molecular weight is 351 g/mol. The van der Waals surface area contributed by atoms with E-state index in [1.807, 2.05) is 13.0 Å². The zero-order chi connectivity index (χ0) is 16.2. The first-order valence-electron chi connectivity index (χ1n) is 7.79. The number of morpholine rings is 1. The summed E-state index contributed by atoms with van der Waals surface area (Å²) in [5.74, 6) is -0.00627. The molecule has 0 bridgehead atoms. The van der Waals surface area contributed by atoms with Crippen LogP contribution >= 0.6 is 22.7 Å². The fourth-order valence-corrected chi connectivity index (χ4v) is 4.35. The molecule has 124 valence electrons. The quantitative estimate of drug-likeness (QED) is 0.899. The summed E-state index contributed by atoms with van der Waals surface area (Å²) < 4.78 is 5.81. The molecule has 1 atom stereocenters. The van der Waals surface area contributed by atoms with Crippen molar-refractivity contribution in [1.29, 1.82) is 0 Å². The number of aryl methyl sites for hydroxylation is 2. The van der Waals surface area contributed by atoms with Gasteiger partial charge in [0, 0.05) is 22.8 Å². The smallest absolute Gasteiger partial charge is 0.240 e. The van der Waals surface area contributed by atoms with Crippen LogP contribution in [0.3, 0.4) is 0 Å². The topological polar surface area (TPSA) is 54.5 Å². The van der Waals surface area contributed by atoms with E-state index in [2.05, 4.69) is 33.6 Å². The zero-order valence-electron chi connectivity index (χ0n) is 13.4. The summed E-state index contributed by atoms with van der Waals surface area (Å²) in [6, 6.07) is 4.12. The number of hydrogen-bond donors (Lipinski definition) is 1. The van der Waals surface area contributed by atoms with Gasteiger partial charge in [-0.25, -0.2) is 4.98 Å². The van der Waals surface area contributed by atoms with Gasteiger partial charge >= 0.3 is 0 Å². The third kappa shape index (κ3) is 4.17. The molecule has 2 aromatic heterocycles. The largest absolute Gasteiger partial charge is 0.370 e. The SMILES string of the molecule is CCc1nc(NC(=O)CN2CCO[C@H](c3cccs3)C2)sc1C. The minimum absolute atomic E-state index is 0.00627. The summed E-state index contributed by atoms with van der Waals surface area (Å²) in [6.07, 6.45) is 0.967. The van der Waals surface area contributed by atoms with Gasteiger partial charge in [0.2, 0.25) is 5.91 Å². The molecule has 0 aliphatic carbocycles. The summed E-state index contributed by atoms with van der Waals surface area (Å²) >= 11 is 3.24. The second kappa shape index (κ2) is 7.53. The molecule has 0 unspecified atom stereocenters. The van der Waals surface area contributed by atoms with Crippen LogP contribution < -0.4 is 5.32 Å². The molecule has 1 saturated heterocycles. The van der Waals surface area contributed by atoms with Gasteiger partial charge in [-0.05, 0) is 24.8 Å². The first kappa shape index (κ1) is 16.6. The molecule has 3 rings (SSSR count). The number of aromatic nitrogens is 1. The van der Waals surface area contributed by atoms with Crippen LogP contribution in [0.1, 0.15) is 28.5 Å². The van der Waals surface area contributed by atoms with Crippen molar-refractivity contribution in [2.75, 3.05) is 31.6 Å². The average Bonchev–Trinajstić information content (AvgIpc) is 3.17. The Labute approximate surface area is 144 Å². The van der Waals surface area contributed by atoms with Gasteiger partial charge in [-0.15, -0.1) is 22.7 Å². The Kier molecular flexibility index (Phi) is 5.42. The van der Waals surface area contributed by atoms with Gasteiger partial charge in [-0.2, -0.15) is 0 Å². The number of anilines is 1. The molecule has 0 aromatic carbocycles. The van der Waals surface area contributed by atoms with Crippen molar-refractivity contribution < 1.29 is 9.53 Å². The Morgan fingerprint density at radius 1 is 1.57 bits per heavy atom. The van der Waals surface area contributed by atoms with Gasteiger partial charge < -0.3 is 10.1 Å². The minimum Gasteiger partial charge on any atom is -0.370 e. The lowest BCUT2D eigenvalue weighted by molar-refractivity contribution is -0.119. The third-order valence-electron chi connectivity index (χ3n) is 3.85. The molecule has 23 heavy (non-hydrogen) atoms. The molecular formula is C16H21N3O2S2. The Morgan fingerprint density at radius 2 is 2.43 bits per heavy atom. The van der Waals surface area contributed by atoms with Crippen molar-refractivity contribution >= 4 is 33.7 Å². The van der Waals surface area contributed by atoms with Crippen LogP contribution in [0.15, 0.2) is 17.5 Å². The number of carbonyl (C=O) groups is 1. The van der Waals surface area contributed by atoms with Crippen LogP contribution in [0.25, 0.3) is 0 Å². The van der Waals surface area contributed by atoms with Crippen LogP contribution in [-0.2, 0) is 16.0 Å². The molecule has 3 heterocycles. The van der Waals surface area contributed by atoms with Crippen molar-refractivity contribution in [3.8, 4) is 0 Å². The first-order valence-corrected chi connectivity index (χ1v) is 9.49. The third-order valence-corrected chi connectivity index (χ3v) is 5.75. The number of amides is 1. The Balaban J connectivity index is 1.54. The first-order chi connectivity index (χ1) is 11.2. The van der Waals surface area contributed by atoms with Gasteiger partial charge in [0.25, 0.3) is 0 Å². The van der Waals surface area contributed by atoms with E-state index in [4.69, 9.17) is 4.74 Å². The van der Waals surface area contributed by atoms with Gasteiger partial charge in [0.05, 0.1) is 18.8 Å². The highest BCUT2D eigenvalue weighted by atomic mass is 32.1. The lowest BCUT2D eigenvalue weighted by Gasteiger charge is -2.31. The van der Waals surface area contributed by atoms with Crippen molar-refractivity contribution in [2.45, 2.75) is 26.4 Å². The maximum Gasteiger partial charge on any atom is 0.240 e. The van der Waals surface area contributed by atoms with Crippen LogP contribution in [0.5, 0.6) is 0 Å². The molecule has 1 N–H and O–H groups in total. The van der Waals surface area contributed by atoms with Gasteiger partial charge in [0.1, 0.15) is 6.10 Å². The van der Waals surface area contributed by atoms with E-state index in [1.54, 1.807) is 22.7 Å². The van der Waals surface area contributed by atoms with Crippen molar-refractivity contribution in [3.63, 3.8) is 0 Å². The monoisotopic (exact) mass is 351 g/mol. The fraction of sp³-hybridized carbons (Fsp3) is 0.500. The van der Waals surface area contributed by atoms with Crippen molar-refractivity contribution in [2.24, 2.45) is 0 Å². The molecule has 1 aliphatic heterocycles. The predicted molar refractivity (Wildman–Crippen MR) is 94.3 cm³/mol. The van der Waals surface area contributed by atoms with Gasteiger partial charge in [-0.3, -0.25) is 9.69 Å². The molecule has 0 spiro atoms. The number of ether oxygens (including phenoxy) is 1. The summed E-state index contributed by atoms with van der Waals surface area (Å²) in [5, 5.41) is 5.68. The number of nitrogens with zero attached hydrogens (tertiary/aromatic N) is 2. The van der Waals surface area contributed by atoms with E-state index >= 15 is 0 Å². The highest BCUT2D eigenvalue weighted by Crippen LogP contribution is 2.26. The van der Waals surface area contributed by atoms with E-state index in [-0.39, 0.29) is 12.0 Å². The molecule has 1 fully saturated rings. The summed E-state index contributed by atoms with van der Waals surface area (Å²) in [5.41, 5.74) is 1.06. The van der Waals surface area contributed by atoms with Crippen LogP contribution in [0, 0.1) is 6.92 Å². The molecule has 0 saturated carbocycles. The summed E-state index contributed by atoms with van der Waals surface area (Å²) in [7, 11) is 0. The summed E-state index contributed by atoms with van der Waals surface area (Å²) in [6.45, 7) is 6.70. The zero-order valence-corrected chi connectivity index (χ0v) is 15.0. The molecule has 5 nitrogen and oxygen atoms in total. The lowest BCUT2D eigenvalue weighted by Crippen LogP contribution is -2.42. The van der Waals surface area contributed by atoms with E-state index in [9.17, 15) is 4.79 Å². The Hall–Kier alpha value is -1.28. The maximum atomic E-state index is 12.3. The highest BCUT2D eigenvalue weighted by Gasteiger charge is 2.24. The van der Waals surface area contributed by atoms with E-state index in [0.29, 0.717) is 18.3 Å². The normalized spacial score (nSPS) is 19.0. The van der Waals surface area contributed by atoms with Gasteiger partial charge in [0.15, 0.2) is 5.13 Å². The number of carbonyl (C=O) groups excluding carboxylic acids is 1. The van der Waals surface area contributed by atoms with Crippen LogP contribution in [-0.4, -0.2) is 42.0 Å². The van der Waals surface area contributed by atoms with Gasteiger partial charge in [-0.1, -0.05) is 13.0 Å². The molecule has 2 aromatic rings. The maximum absolute atomic E-state index is 12.3. The Morgan fingerprint density at radius 3 is 3.13 bits per heavy atom. The molecule has 7 heteroatoms. The molecular weight excluding hydrogens is 330 g/mol. The number of hydrogen-bond acceptors (Lipinski definition) is 6.